The molecule has 1 aliphatic rings. The fourth-order valence-corrected chi connectivity index (χ4v) is 5.97. The van der Waals surface area contributed by atoms with Crippen LogP contribution in [0.2, 0.25) is 5.02 Å². The summed E-state index contributed by atoms with van der Waals surface area (Å²) in [5.74, 6) is -0.591. The van der Waals surface area contributed by atoms with Gasteiger partial charge >= 0.3 is 15.5 Å². The first-order valence-corrected chi connectivity index (χ1v) is 13.9. The molecule has 0 saturated carbocycles. The van der Waals surface area contributed by atoms with Crippen LogP contribution in [-0.4, -0.2) is 47.6 Å². The standard InChI is InChI=1S/C27H23ClF4N4O2S/c28-20-6-1-17(2-7-20)26(18-3-8-21(29)9-4-18)19-5-10-24-23(15-19)25(16-33-35-24)34-22-11-13-36(14-12-22)39(37,38)27(30,31)32/h1-10,15-16,22,26H,11-14H2,(H,34,35). The monoisotopic (exact) mass is 578 g/mol. The van der Waals surface area contributed by atoms with Crippen LogP contribution >= 0.6 is 11.6 Å². The van der Waals surface area contributed by atoms with Gasteiger partial charge < -0.3 is 5.32 Å². The van der Waals surface area contributed by atoms with Crippen LogP contribution < -0.4 is 5.32 Å². The van der Waals surface area contributed by atoms with Crippen LogP contribution in [0.4, 0.5) is 23.2 Å². The number of fused-ring (bicyclic) bond motifs is 1. The maximum atomic E-state index is 13.7. The molecular formula is C27H23ClF4N4O2S. The lowest BCUT2D eigenvalue weighted by Gasteiger charge is -2.32. The van der Waals surface area contributed by atoms with E-state index in [1.807, 2.05) is 30.3 Å². The summed E-state index contributed by atoms with van der Waals surface area (Å²) in [7, 11) is -5.35. The molecule has 4 aromatic rings. The van der Waals surface area contributed by atoms with Gasteiger partial charge in [-0.05, 0) is 65.9 Å². The van der Waals surface area contributed by atoms with E-state index in [9.17, 15) is 26.0 Å². The fraction of sp³-hybridized carbons (Fsp3) is 0.259. The molecule has 1 saturated heterocycles. The van der Waals surface area contributed by atoms with Gasteiger partial charge in [-0.2, -0.15) is 27.7 Å². The van der Waals surface area contributed by atoms with Gasteiger partial charge in [0.05, 0.1) is 17.4 Å². The van der Waals surface area contributed by atoms with E-state index in [-0.39, 0.29) is 43.7 Å². The Labute approximate surface area is 227 Å². The minimum atomic E-state index is -5.35. The first-order valence-electron chi connectivity index (χ1n) is 12.1. The van der Waals surface area contributed by atoms with Crippen molar-refractivity contribution in [1.82, 2.24) is 14.5 Å². The number of halogens is 5. The lowest BCUT2D eigenvalue weighted by molar-refractivity contribution is -0.0494. The Morgan fingerprint density at radius 3 is 2.13 bits per heavy atom. The molecule has 0 amide bonds. The third-order valence-corrected chi connectivity index (χ3v) is 8.73. The van der Waals surface area contributed by atoms with Crippen molar-refractivity contribution in [3.63, 3.8) is 0 Å². The van der Waals surface area contributed by atoms with Crippen LogP contribution in [0, 0.1) is 5.82 Å². The number of hydrogen-bond acceptors (Lipinski definition) is 5. The zero-order valence-corrected chi connectivity index (χ0v) is 21.9. The second kappa shape index (κ2) is 10.7. The zero-order chi connectivity index (χ0) is 27.8. The molecule has 1 unspecified atom stereocenters. The SMILES string of the molecule is O=S(=O)(N1CCC(Nc2cnnc3ccc(C(c4ccc(F)cc4)c4ccc(Cl)cc4)cc23)CC1)C(F)(F)F. The second-order valence-corrected chi connectivity index (χ2v) is 11.7. The van der Waals surface area contributed by atoms with Crippen molar-refractivity contribution in [2.45, 2.75) is 30.3 Å². The second-order valence-electron chi connectivity index (χ2n) is 9.34. The summed E-state index contributed by atoms with van der Waals surface area (Å²) >= 11 is 6.11. The van der Waals surface area contributed by atoms with Crippen molar-refractivity contribution in [2.75, 3.05) is 18.4 Å². The molecule has 204 valence electrons. The summed E-state index contributed by atoms with van der Waals surface area (Å²) in [6.07, 6.45) is 1.93. The molecule has 0 aliphatic carbocycles. The van der Waals surface area contributed by atoms with Crippen LogP contribution in [0.25, 0.3) is 10.9 Å². The number of anilines is 1. The van der Waals surface area contributed by atoms with E-state index in [2.05, 4.69) is 15.5 Å². The van der Waals surface area contributed by atoms with Crippen LogP contribution in [0.3, 0.4) is 0 Å². The number of aromatic nitrogens is 2. The summed E-state index contributed by atoms with van der Waals surface area (Å²) in [6, 6.07) is 19.1. The Bertz CT molecular complexity index is 1530. The maximum Gasteiger partial charge on any atom is 0.511 e. The van der Waals surface area contributed by atoms with Gasteiger partial charge in [-0.15, -0.1) is 0 Å². The van der Waals surface area contributed by atoms with Gasteiger partial charge in [-0.3, -0.25) is 0 Å². The summed E-state index contributed by atoms with van der Waals surface area (Å²) in [4.78, 5) is 0. The van der Waals surface area contributed by atoms with Gasteiger partial charge in [0, 0.05) is 35.5 Å². The topological polar surface area (TPSA) is 75.2 Å². The number of benzene rings is 3. The minimum absolute atomic E-state index is 0.196. The highest BCUT2D eigenvalue weighted by atomic mass is 35.5. The van der Waals surface area contributed by atoms with Gasteiger partial charge in [0.2, 0.25) is 0 Å². The Balaban J connectivity index is 1.45. The zero-order valence-electron chi connectivity index (χ0n) is 20.4. The van der Waals surface area contributed by atoms with Crippen LogP contribution in [-0.2, 0) is 10.0 Å². The van der Waals surface area contributed by atoms with E-state index in [1.54, 1.807) is 30.5 Å². The van der Waals surface area contributed by atoms with Crippen LogP contribution in [0.5, 0.6) is 0 Å². The van der Waals surface area contributed by atoms with Gasteiger partial charge in [0.25, 0.3) is 0 Å². The van der Waals surface area contributed by atoms with E-state index < -0.39 is 15.5 Å². The molecule has 6 nitrogen and oxygen atoms in total. The number of nitrogens with zero attached hydrogens (tertiary/aromatic N) is 3. The average molecular weight is 579 g/mol. The largest absolute Gasteiger partial charge is 0.511 e. The number of hydrogen-bond donors (Lipinski definition) is 1. The highest BCUT2D eigenvalue weighted by molar-refractivity contribution is 7.90. The molecule has 0 bridgehead atoms. The summed E-state index contributed by atoms with van der Waals surface area (Å²) in [5.41, 5.74) is -1.37. The molecule has 2 heterocycles. The van der Waals surface area contributed by atoms with Crippen molar-refractivity contribution < 1.29 is 26.0 Å². The smallest absolute Gasteiger partial charge is 0.380 e. The van der Waals surface area contributed by atoms with E-state index in [4.69, 9.17) is 11.6 Å². The molecule has 1 aromatic heterocycles. The third-order valence-electron chi connectivity index (χ3n) is 6.85. The number of piperidine rings is 1. The summed E-state index contributed by atoms with van der Waals surface area (Å²) < 4.78 is 76.5. The molecule has 39 heavy (non-hydrogen) atoms. The first-order chi connectivity index (χ1) is 18.5. The number of nitrogens with one attached hydrogen (secondary N) is 1. The highest BCUT2D eigenvalue weighted by Gasteiger charge is 2.50. The molecule has 1 N–H and O–H groups in total. The van der Waals surface area contributed by atoms with Crippen molar-refractivity contribution in [3.05, 3.63) is 100 Å². The van der Waals surface area contributed by atoms with Crippen molar-refractivity contribution in [1.29, 1.82) is 0 Å². The van der Waals surface area contributed by atoms with Gasteiger partial charge in [-0.1, -0.05) is 41.9 Å². The van der Waals surface area contributed by atoms with E-state index in [1.165, 1.54) is 12.1 Å². The Kier molecular flexibility index (Phi) is 7.49. The van der Waals surface area contributed by atoms with Crippen molar-refractivity contribution >= 4 is 38.2 Å². The molecule has 0 spiro atoms. The quantitative estimate of drug-likeness (QED) is 0.214. The number of rotatable bonds is 6. The number of sulfonamides is 1. The van der Waals surface area contributed by atoms with E-state index >= 15 is 0 Å². The Morgan fingerprint density at radius 1 is 0.923 bits per heavy atom. The molecule has 0 radical (unpaired) electrons. The van der Waals surface area contributed by atoms with Gasteiger partial charge in [0.15, 0.2) is 0 Å². The highest BCUT2D eigenvalue weighted by Crippen LogP contribution is 2.36. The maximum absolute atomic E-state index is 13.7. The van der Waals surface area contributed by atoms with E-state index in [0.29, 0.717) is 20.5 Å². The molecule has 5 rings (SSSR count). The van der Waals surface area contributed by atoms with Gasteiger partial charge in [0.1, 0.15) is 5.82 Å². The van der Waals surface area contributed by atoms with Crippen LogP contribution in [0.1, 0.15) is 35.4 Å². The van der Waals surface area contributed by atoms with E-state index in [0.717, 1.165) is 22.1 Å². The van der Waals surface area contributed by atoms with Gasteiger partial charge in [-0.25, -0.2) is 12.8 Å². The fourth-order valence-electron chi connectivity index (χ4n) is 4.86. The summed E-state index contributed by atoms with van der Waals surface area (Å²) in [6.45, 7) is -0.491. The molecule has 1 aliphatic heterocycles. The molecular weight excluding hydrogens is 556 g/mol. The molecule has 1 atom stereocenters. The Morgan fingerprint density at radius 2 is 1.51 bits per heavy atom. The molecule has 1 fully saturated rings. The van der Waals surface area contributed by atoms with Crippen molar-refractivity contribution in [2.24, 2.45) is 0 Å². The predicted molar refractivity (Wildman–Crippen MR) is 142 cm³/mol. The van der Waals surface area contributed by atoms with Crippen molar-refractivity contribution in [3.8, 4) is 0 Å². The lowest BCUT2D eigenvalue weighted by Crippen LogP contribution is -2.47. The minimum Gasteiger partial charge on any atom is -0.380 e. The lowest BCUT2D eigenvalue weighted by atomic mass is 9.84. The third kappa shape index (κ3) is 5.70. The summed E-state index contributed by atoms with van der Waals surface area (Å²) in [5, 5.41) is 12.9. The Hall–Kier alpha value is -3.28. The molecule has 12 heteroatoms. The molecule has 3 aromatic carbocycles. The normalized spacial score (nSPS) is 16.3. The van der Waals surface area contributed by atoms with Crippen LogP contribution in [0.15, 0.2) is 72.9 Å². The predicted octanol–water partition coefficient (Wildman–Crippen LogP) is 6.33. The average Bonchev–Trinajstić information content (AvgIpc) is 2.91. The first kappa shape index (κ1) is 27.3. The number of alkyl halides is 3.